The summed E-state index contributed by atoms with van der Waals surface area (Å²) in [6, 6.07) is 4.09. The van der Waals surface area contributed by atoms with E-state index in [1.165, 1.54) is 32.1 Å². The van der Waals surface area contributed by atoms with Gasteiger partial charge >= 0.3 is 0 Å². The molecule has 5 heteroatoms. The van der Waals surface area contributed by atoms with Crippen molar-refractivity contribution in [2.24, 2.45) is 0 Å². The van der Waals surface area contributed by atoms with Crippen molar-refractivity contribution in [2.45, 2.75) is 55.7 Å². The van der Waals surface area contributed by atoms with Crippen LogP contribution in [0.5, 0.6) is 0 Å². The molecule has 0 unspecified atom stereocenters. The molecule has 4 nitrogen and oxygen atoms in total. The Balaban J connectivity index is 1.83. The number of rotatable bonds is 3. The van der Waals surface area contributed by atoms with Gasteiger partial charge in [-0.15, -0.1) is 22.0 Å². The maximum atomic E-state index is 4.65. The van der Waals surface area contributed by atoms with Crippen molar-refractivity contribution in [3.63, 3.8) is 0 Å². The number of aromatic nitrogens is 4. The Morgan fingerprint density at radius 3 is 2.83 bits per heavy atom. The number of nitrogens with zero attached hydrogens (tertiary/aromatic N) is 4. The van der Waals surface area contributed by atoms with Crippen LogP contribution in [0.4, 0.5) is 0 Å². The lowest BCUT2D eigenvalue weighted by atomic mass is 10.0. The molecule has 1 fully saturated rings. The summed E-state index contributed by atoms with van der Waals surface area (Å²) in [4.78, 5) is 0. The van der Waals surface area contributed by atoms with Gasteiger partial charge in [-0.05, 0) is 25.0 Å². The quantitative estimate of drug-likeness (QED) is 0.852. The van der Waals surface area contributed by atoms with E-state index in [-0.39, 0.29) is 0 Å². The molecule has 0 amide bonds. The monoisotopic (exact) mass is 262 g/mol. The maximum Gasteiger partial charge on any atom is 0.177 e. The van der Waals surface area contributed by atoms with Crippen LogP contribution in [0.3, 0.4) is 0 Å². The van der Waals surface area contributed by atoms with Gasteiger partial charge in [0.05, 0.1) is 0 Å². The second-order valence-electron chi connectivity index (χ2n) is 4.79. The highest BCUT2D eigenvalue weighted by Gasteiger charge is 2.16. The average Bonchev–Trinajstić information content (AvgIpc) is 2.82. The van der Waals surface area contributed by atoms with Crippen molar-refractivity contribution in [1.82, 2.24) is 19.8 Å². The van der Waals surface area contributed by atoms with E-state index in [0.717, 1.165) is 28.2 Å². The third-order valence-electron chi connectivity index (χ3n) is 3.46. The maximum absolute atomic E-state index is 4.65. The number of fused-ring (bicyclic) bond motifs is 1. The Hall–Kier alpha value is -1.10. The summed E-state index contributed by atoms with van der Waals surface area (Å²) in [7, 11) is 0. The molecule has 96 valence electrons. The molecule has 0 aromatic carbocycles. The molecule has 0 aliphatic heterocycles. The van der Waals surface area contributed by atoms with Crippen molar-refractivity contribution >= 4 is 17.4 Å². The van der Waals surface area contributed by atoms with Crippen LogP contribution >= 0.6 is 11.8 Å². The van der Waals surface area contributed by atoms with Crippen molar-refractivity contribution in [2.75, 3.05) is 0 Å². The number of aryl methyl sites for hydroxylation is 1. The number of hydrogen-bond acceptors (Lipinski definition) is 4. The Bertz CT molecular complexity index is 531. The van der Waals surface area contributed by atoms with Gasteiger partial charge in [0, 0.05) is 11.7 Å². The molecular formula is C13H18N4S. The van der Waals surface area contributed by atoms with E-state index < -0.39 is 0 Å². The molecule has 0 N–H and O–H groups in total. The molecule has 2 aromatic heterocycles. The molecule has 3 rings (SSSR count). The minimum atomic E-state index is 0.741. The zero-order valence-electron chi connectivity index (χ0n) is 10.7. The highest BCUT2D eigenvalue weighted by Crippen LogP contribution is 2.32. The zero-order valence-corrected chi connectivity index (χ0v) is 11.5. The summed E-state index contributed by atoms with van der Waals surface area (Å²) < 4.78 is 1.88. The van der Waals surface area contributed by atoms with Gasteiger partial charge in [0.2, 0.25) is 0 Å². The minimum absolute atomic E-state index is 0.741. The topological polar surface area (TPSA) is 43.1 Å². The predicted octanol–water partition coefficient (Wildman–Crippen LogP) is 3.11. The number of hydrogen-bond donors (Lipinski definition) is 0. The predicted molar refractivity (Wildman–Crippen MR) is 72.9 cm³/mol. The standard InChI is InChI=1S/C13H18N4S/c1-2-11-14-15-12-8-9-13(16-17(11)12)18-10-6-4-3-5-7-10/h8-10H,2-7H2,1H3. The Morgan fingerprint density at radius 1 is 1.22 bits per heavy atom. The summed E-state index contributed by atoms with van der Waals surface area (Å²) in [6.07, 6.45) is 7.65. The second-order valence-corrected chi connectivity index (χ2v) is 6.11. The molecule has 2 aromatic rings. The first-order valence-electron chi connectivity index (χ1n) is 6.75. The fraction of sp³-hybridized carbons (Fsp3) is 0.615. The first-order chi connectivity index (χ1) is 8.86. The third-order valence-corrected chi connectivity index (χ3v) is 4.72. The van der Waals surface area contributed by atoms with Gasteiger partial charge in [-0.3, -0.25) is 0 Å². The van der Waals surface area contributed by atoms with Crippen LogP contribution < -0.4 is 0 Å². The second kappa shape index (κ2) is 5.26. The van der Waals surface area contributed by atoms with E-state index in [1.54, 1.807) is 0 Å². The lowest BCUT2D eigenvalue weighted by Gasteiger charge is -2.20. The van der Waals surface area contributed by atoms with Crippen LogP contribution in [0.1, 0.15) is 44.9 Å². The average molecular weight is 262 g/mol. The SMILES string of the molecule is CCc1nnc2ccc(SC3CCCCC3)nn12. The van der Waals surface area contributed by atoms with Gasteiger partial charge in [-0.2, -0.15) is 9.61 Å². The van der Waals surface area contributed by atoms with Gasteiger partial charge in [-0.1, -0.05) is 26.2 Å². The Kier molecular flexibility index (Phi) is 3.50. The fourth-order valence-corrected chi connectivity index (χ4v) is 3.64. The van der Waals surface area contributed by atoms with Crippen LogP contribution in [0.2, 0.25) is 0 Å². The molecule has 1 saturated carbocycles. The van der Waals surface area contributed by atoms with Crippen LogP contribution in [0, 0.1) is 0 Å². The highest BCUT2D eigenvalue weighted by atomic mass is 32.2. The van der Waals surface area contributed by atoms with Gasteiger partial charge in [0.25, 0.3) is 0 Å². The van der Waals surface area contributed by atoms with Gasteiger partial charge in [-0.25, -0.2) is 0 Å². The molecule has 2 heterocycles. The van der Waals surface area contributed by atoms with Gasteiger partial charge in [0.15, 0.2) is 11.5 Å². The zero-order chi connectivity index (χ0) is 12.4. The van der Waals surface area contributed by atoms with E-state index >= 15 is 0 Å². The van der Waals surface area contributed by atoms with Crippen molar-refractivity contribution in [3.05, 3.63) is 18.0 Å². The first-order valence-corrected chi connectivity index (χ1v) is 7.63. The van der Waals surface area contributed by atoms with Crippen LogP contribution in [0.15, 0.2) is 17.2 Å². The van der Waals surface area contributed by atoms with E-state index in [4.69, 9.17) is 0 Å². The van der Waals surface area contributed by atoms with E-state index in [0.29, 0.717) is 0 Å². The van der Waals surface area contributed by atoms with Crippen molar-refractivity contribution in [1.29, 1.82) is 0 Å². The number of thioether (sulfide) groups is 1. The summed E-state index contributed by atoms with van der Waals surface area (Å²) in [6.45, 7) is 2.08. The molecule has 0 atom stereocenters. The molecule has 18 heavy (non-hydrogen) atoms. The van der Waals surface area contributed by atoms with Crippen LogP contribution in [0.25, 0.3) is 5.65 Å². The van der Waals surface area contributed by atoms with E-state index in [2.05, 4.69) is 28.3 Å². The molecule has 1 aliphatic carbocycles. The molecule has 1 aliphatic rings. The molecule has 0 saturated heterocycles. The Labute approximate surface area is 111 Å². The van der Waals surface area contributed by atoms with E-state index in [9.17, 15) is 0 Å². The largest absolute Gasteiger partial charge is 0.196 e. The first kappa shape index (κ1) is 12.0. The van der Waals surface area contributed by atoms with E-state index in [1.807, 2.05) is 22.3 Å². The van der Waals surface area contributed by atoms with Crippen LogP contribution in [-0.4, -0.2) is 25.1 Å². The van der Waals surface area contributed by atoms with Gasteiger partial charge < -0.3 is 0 Å². The molecule has 0 spiro atoms. The highest BCUT2D eigenvalue weighted by molar-refractivity contribution is 7.99. The molecular weight excluding hydrogens is 244 g/mol. The normalized spacial score (nSPS) is 17.4. The lowest BCUT2D eigenvalue weighted by Crippen LogP contribution is -2.09. The minimum Gasteiger partial charge on any atom is -0.196 e. The lowest BCUT2D eigenvalue weighted by molar-refractivity contribution is 0.515. The summed E-state index contributed by atoms with van der Waals surface area (Å²) in [5.74, 6) is 0.941. The third kappa shape index (κ3) is 2.36. The molecule has 0 radical (unpaired) electrons. The summed E-state index contributed by atoms with van der Waals surface area (Å²) in [5, 5.41) is 14.8. The summed E-state index contributed by atoms with van der Waals surface area (Å²) >= 11 is 1.91. The molecule has 0 bridgehead atoms. The Morgan fingerprint density at radius 2 is 2.06 bits per heavy atom. The van der Waals surface area contributed by atoms with Gasteiger partial charge in [0.1, 0.15) is 5.03 Å². The van der Waals surface area contributed by atoms with Crippen molar-refractivity contribution in [3.8, 4) is 0 Å². The van der Waals surface area contributed by atoms with Crippen LogP contribution in [-0.2, 0) is 6.42 Å². The fourth-order valence-electron chi connectivity index (χ4n) is 2.45. The summed E-state index contributed by atoms with van der Waals surface area (Å²) in [5.41, 5.74) is 0.847. The smallest absolute Gasteiger partial charge is 0.177 e. The van der Waals surface area contributed by atoms with Crippen molar-refractivity contribution < 1.29 is 0 Å².